The van der Waals surface area contributed by atoms with E-state index in [4.69, 9.17) is 4.74 Å². The number of nitrogens with zero attached hydrogens (tertiary/aromatic N) is 2. The molecule has 1 fully saturated rings. The zero-order valence-corrected chi connectivity index (χ0v) is 11.6. The van der Waals surface area contributed by atoms with Crippen molar-refractivity contribution in [3.05, 3.63) is 29.8 Å². The first-order valence-electron chi connectivity index (χ1n) is 6.46. The number of urea groups is 1. The van der Waals surface area contributed by atoms with Gasteiger partial charge in [-0.25, -0.2) is 9.59 Å². The van der Waals surface area contributed by atoms with Gasteiger partial charge in [-0.15, -0.1) is 0 Å². The Kier molecular flexibility index (Phi) is 4.24. The molecule has 108 valence electrons. The number of hydrogen-bond acceptors (Lipinski definition) is 3. The Morgan fingerprint density at radius 2 is 2.10 bits per heavy atom. The highest BCUT2D eigenvalue weighted by molar-refractivity contribution is 6.01. The molecule has 0 spiro atoms. The van der Waals surface area contributed by atoms with Crippen LogP contribution in [0.4, 0.5) is 10.5 Å². The lowest BCUT2D eigenvalue weighted by Gasteiger charge is -2.36. The second kappa shape index (κ2) is 5.92. The number of ether oxygens (including phenoxy) is 1. The van der Waals surface area contributed by atoms with Crippen LogP contribution in [0.15, 0.2) is 24.3 Å². The first-order chi connectivity index (χ1) is 9.52. The minimum Gasteiger partial charge on any atom is -0.478 e. The third kappa shape index (κ3) is 2.75. The summed E-state index contributed by atoms with van der Waals surface area (Å²) < 4.78 is 5.30. The van der Waals surface area contributed by atoms with Gasteiger partial charge in [-0.3, -0.25) is 4.90 Å². The number of benzene rings is 1. The molecule has 1 saturated heterocycles. The molecule has 0 bridgehead atoms. The van der Waals surface area contributed by atoms with Crippen molar-refractivity contribution in [1.29, 1.82) is 0 Å². The average Bonchev–Trinajstić information content (AvgIpc) is 2.46. The minimum atomic E-state index is -1.05. The number of para-hydroxylation sites is 1. The molecule has 1 unspecified atom stereocenters. The van der Waals surface area contributed by atoms with E-state index in [1.165, 1.54) is 11.0 Å². The van der Waals surface area contributed by atoms with Crippen molar-refractivity contribution in [3.8, 4) is 0 Å². The maximum absolute atomic E-state index is 12.5. The van der Waals surface area contributed by atoms with Gasteiger partial charge in [0.2, 0.25) is 0 Å². The summed E-state index contributed by atoms with van der Waals surface area (Å²) in [5.74, 6) is -1.05. The summed E-state index contributed by atoms with van der Waals surface area (Å²) in [5.41, 5.74) is 0.507. The summed E-state index contributed by atoms with van der Waals surface area (Å²) >= 11 is 0. The standard InChI is InChI=1S/C14H18N2O4/c1-10-9-20-8-7-16(10)14(19)15(2)12-6-4-3-5-11(12)13(17)18/h3-6,10H,7-9H2,1-2H3,(H,17,18). The highest BCUT2D eigenvalue weighted by Gasteiger charge is 2.28. The summed E-state index contributed by atoms with van der Waals surface area (Å²) in [6.07, 6.45) is 0. The largest absolute Gasteiger partial charge is 0.478 e. The number of carboxylic acid groups (broad SMARTS) is 1. The maximum atomic E-state index is 12.5. The Morgan fingerprint density at radius 1 is 1.40 bits per heavy atom. The number of carbonyl (C=O) groups excluding carboxylic acids is 1. The number of anilines is 1. The van der Waals surface area contributed by atoms with Crippen LogP contribution in [0.2, 0.25) is 0 Å². The summed E-state index contributed by atoms with van der Waals surface area (Å²) in [6.45, 7) is 3.43. The molecule has 1 aliphatic rings. The lowest BCUT2D eigenvalue weighted by Crippen LogP contribution is -2.52. The zero-order chi connectivity index (χ0) is 14.7. The second-order valence-electron chi connectivity index (χ2n) is 4.78. The van der Waals surface area contributed by atoms with E-state index in [1.807, 2.05) is 6.92 Å². The van der Waals surface area contributed by atoms with Crippen LogP contribution in [0.3, 0.4) is 0 Å². The van der Waals surface area contributed by atoms with Crippen LogP contribution in [-0.4, -0.2) is 54.9 Å². The van der Waals surface area contributed by atoms with E-state index < -0.39 is 5.97 Å². The molecule has 1 aromatic rings. The van der Waals surface area contributed by atoms with Gasteiger partial charge < -0.3 is 14.7 Å². The molecule has 1 aromatic carbocycles. The highest BCUT2D eigenvalue weighted by atomic mass is 16.5. The first kappa shape index (κ1) is 14.3. The maximum Gasteiger partial charge on any atom is 0.337 e. The van der Waals surface area contributed by atoms with Crippen LogP contribution in [0, 0.1) is 0 Å². The minimum absolute atomic E-state index is 0.0179. The van der Waals surface area contributed by atoms with Gasteiger partial charge in [0.15, 0.2) is 0 Å². The Labute approximate surface area is 117 Å². The summed E-state index contributed by atoms with van der Waals surface area (Å²) in [5, 5.41) is 9.19. The number of carboxylic acids is 1. The van der Waals surface area contributed by atoms with Gasteiger partial charge in [0.1, 0.15) is 0 Å². The van der Waals surface area contributed by atoms with Crippen molar-refractivity contribution >= 4 is 17.7 Å². The molecule has 1 heterocycles. The molecule has 2 rings (SSSR count). The van der Waals surface area contributed by atoms with Gasteiger partial charge in [-0.1, -0.05) is 12.1 Å². The zero-order valence-electron chi connectivity index (χ0n) is 11.6. The van der Waals surface area contributed by atoms with Gasteiger partial charge in [-0.05, 0) is 19.1 Å². The fourth-order valence-corrected chi connectivity index (χ4v) is 2.25. The van der Waals surface area contributed by atoms with Gasteiger partial charge >= 0.3 is 12.0 Å². The normalized spacial score (nSPS) is 18.7. The van der Waals surface area contributed by atoms with Crippen LogP contribution in [0.5, 0.6) is 0 Å². The van der Waals surface area contributed by atoms with Crippen LogP contribution in [0.25, 0.3) is 0 Å². The van der Waals surface area contributed by atoms with Gasteiger partial charge in [-0.2, -0.15) is 0 Å². The van der Waals surface area contributed by atoms with Crippen molar-refractivity contribution in [3.63, 3.8) is 0 Å². The lowest BCUT2D eigenvalue weighted by molar-refractivity contribution is 0.0209. The molecule has 20 heavy (non-hydrogen) atoms. The molecular formula is C14H18N2O4. The predicted octanol–water partition coefficient (Wildman–Crippen LogP) is 1.66. The molecule has 1 atom stereocenters. The van der Waals surface area contributed by atoms with Crippen LogP contribution < -0.4 is 4.90 Å². The second-order valence-corrected chi connectivity index (χ2v) is 4.78. The highest BCUT2D eigenvalue weighted by Crippen LogP contribution is 2.21. The number of amides is 2. The molecule has 0 aromatic heterocycles. The van der Waals surface area contributed by atoms with Crippen LogP contribution >= 0.6 is 0 Å². The molecule has 2 amide bonds. The fourth-order valence-electron chi connectivity index (χ4n) is 2.25. The van der Waals surface area contributed by atoms with Gasteiger partial charge in [0, 0.05) is 13.6 Å². The third-order valence-electron chi connectivity index (χ3n) is 3.40. The Balaban J connectivity index is 2.24. The molecule has 6 nitrogen and oxygen atoms in total. The van der Waals surface area contributed by atoms with Crippen molar-refractivity contribution in [1.82, 2.24) is 4.90 Å². The summed E-state index contributed by atoms with van der Waals surface area (Å²) in [6, 6.07) is 6.25. The molecule has 1 N–H and O–H groups in total. The van der Waals surface area contributed by atoms with E-state index in [2.05, 4.69) is 0 Å². The van der Waals surface area contributed by atoms with E-state index in [0.717, 1.165) is 0 Å². The number of rotatable bonds is 2. The van der Waals surface area contributed by atoms with Crippen LogP contribution in [0.1, 0.15) is 17.3 Å². The van der Waals surface area contributed by atoms with E-state index >= 15 is 0 Å². The van der Waals surface area contributed by atoms with Crippen molar-refractivity contribution in [2.24, 2.45) is 0 Å². The van der Waals surface area contributed by atoms with E-state index in [9.17, 15) is 14.7 Å². The molecule has 0 radical (unpaired) electrons. The van der Waals surface area contributed by atoms with Gasteiger partial charge in [0.05, 0.1) is 30.5 Å². The van der Waals surface area contributed by atoms with E-state index in [0.29, 0.717) is 25.4 Å². The molecule has 0 aliphatic carbocycles. The SMILES string of the molecule is CC1COCCN1C(=O)N(C)c1ccccc1C(=O)O. The van der Waals surface area contributed by atoms with E-state index in [-0.39, 0.29) is 17.6 Å². The molecule has 6 heteroatoms. The quantitative estimate of drug-likeness (QED) is 0.893. The number of aromatic carboxylic acids is 1. The molecule has 0 saturated carbocycles. The van der Waals surface area contributed by atoms with Crippen LogP contribution in [-0.2, 0) is 4.74 Å². The van der Waals surface area contributed by atoms with Gasteiger partial charge in [0.25, 0.3) is 0 Å². The third-order valence-corrected chi connectivity index (χ3v) is 3.40. The smallest absolute Gasteiger partial charge is 0.337 e. The summed E-state index contributed by atoms with van der Waals surface area (Å²) in [4.78, 5) is 26.8. The Morgan fingerprint density at radius 3 is 2.75 bits per heavy atom. The molecule has 1 aliphatic heterocycles. The summed E-state index contributed by atoms with van der Waals surface area (Å²) in [7, 11) is 1.59. The number of hydrogen-bond donors (Lipinski definition) is 1. The Hall–Kier alpha value is -2.08. The van der Waals surface area contributed by atoms with E-state index in [1.54, 1.807) is 30.1 Å². The monoisotopic (exact) mass is 278 g/mol. The first-order valence-corrected chi connectivity index (χ1v) is 6.46. The van der Waals surface area contributed by atoms with Crippen molar-refractivity contribution in [2.45, 2.75) is 13.0 Å². The Bertz CT molecular complexity index is 518. The fraction of sp³-hybridized carbons (Fsp3) is 0.429. The average molecular weight is 278 g/mol. The van der Waals surface area contributed by atoms with Crippen molar-refractivity contribution in [2.75, 3.05) is 31.7 Å². The predicted molar refractivity (Wildman–Crippen MR) is 74.2 cm³/mol. The topological polar surface area (TPSA) is 70.1 Å². The lowest BCUT2D eigenvalue weighted by atomic mass is 10.1. The number of morpholine rings is 1. The number of carbonyl (C=O) groups is 2. The molecular weight excluding hydrogens is 260 g/mol. The van der Waals surface area contributed by atoms with Crippen molar-refractivity contribution < 1.29 is 19.4 Å².